The second-order valence-corrected chi connectivity index (χ2v) is 6.23. The van der Waals surface area contributed by atoms with Crippen molar-refractivity contribution in [1.29, 1.82) is 0 Å². The Morgan fingerprint density at radius 3 is 2.38 bits per heavy atom. The van der Waals surface area contributed by atoms with Gasteiger partial charge in [0.25, 0.3) is 5.91 Å². The molecule has 5 nitrogen and oxygen atoms in total. The SMILES string of the molecule is CCCCCCCCCC(=O)NCC(=O)N/N=C\C=C\c1ccccc1. The molecule has 2 amide bonds. The van der Waals surface area contributed by atoms with E-state index in [1.165, 1.54) is 38.3 Å². The number of nitrogens with one attached hydrogen (secondary N) is 2. The Balaban J connectivity index is 2.04. The first kappa shape index (κ1) is 21.6. The molecule has 1 rings (SSSR count). The van der Waals surface area contributed by atoms with Crippen LogP contribution in [0.4, 0.5) is 0 Å². The third kappa shape index (κ3) is 12.0. The van der Waals surface area contributed by atoms with Crippen molar-refractivity contribution in [3.05, 3.63) is 42.0 Å². The summed E-state index contributed by atoms with van der Waals surface area (Å²) < 4.78 is 0. The minimum absolute atomic E-state index is 0.0466. The van der Waals surface area contributed by atoms with Crippen molar-refractivity contribution in [1.82, 2.24) is 10.7 Å². The molecular weight excluding hydrogens is 326 g/mol. The highest BCUT2D eigenvalue weighted by Crippen LogP contribution is 2.08. The van der Waals surface area contributed by atoms with E-state index in [1.54, 1.807) is 6.08 Å². The van der Waals surface area contributed by atoms with Crippen molar-refractivity contribution < 1.29 is 9.59 Å². The van der Waals surface area contributed by atoms with Gasteiger partial charge in [0.05, 0.1) is 6.54 Å². The van der Waals surface area contributed by atoms with Crippen LogP contribution in [-0.4, -0.2) is 24.6 Å². The predicted octanol–water partition coefficient (Wildman–Crippen LogP) is 4.06. The van der Waals surface area contributed by atoms with E-state index in [-0.39, 0.29) is 18.4 Å². The van der Waals surface area contributed by atoms with Crippen LogP contribution >= 0.6 is 0 Å². The Morgan fingerprint density at radius 2 is 1.65 bits per heavy atom. The number of carbonyl (C=O) groups is 2. The fraction of sp³-hybridized carbons (Fsp3) is 0.476. The molecule has 0 spiro atoms. The van der Waals surface area contributed by atoms with Crippen molar-refractivity contribution in [3.63, 3.8) is 0 Å². The third-order valence-corrected chi connectivity index (χ3v) is 3.89. The topological polar surface area (TPSA) is 70.6 Å². The molecule has 1 aromatic rings. The summed E-state index contributed by atoms with van der Waals surface area (Å²) in [5, 5.41) is 6.43. The van der Waals surface area contributed by atoms with Crippen LogP contribution in [0.3, 0.4) is 0 Å². The lowest BCUT2D eigenvalue weighted by Gasteiger charge is -2.04. The van der Waals surface area contributed by atoms with E-state index in [4.69, 9.17) is 0 Å². The number of hydrogen-bond acceptors (Lipinski definition) is 3. The Bertz CT molecular complexity index is 568. The van der Waals surface area contributed by atoms with Gasteiger partial charge in [-0.1, -0.05) is 81.9 Å². The summed E-state index contributed by atoms with van der Waals surface area (Å²) >= 11 is 0. The quantitative estimate of drug-likeness (QED) is 0.317. The smallest absolute Gasteiger partial charge is 0.259 e. The van der Waals surface area contributed by atoms with Crippen LogP contribution in [0.1, 0.15) is 63.9 Å². The summed E-state index contributed by atoms with van der Waals surface area (Å²) in [6.45, 7) is 2.16. The molecule has 26 heavy (non-hydrogen) atoms. The third-order valence-electron chi connectivity index (χ3n) is 3.89. The van der Waals surface area contributed by atoms with E-state index >= 15 is 0 Å². The van der Waals surface area contributed by atoms with E-state index in [2.05, 4.69) is 22.8 Å². The maximum Gasteiger partial charge on any atom is 0.259 e. The number of hydrogen-bond donors (Lipinski definition) is 2. The summed E-state index contributed by atoms with van der Waals surface area (Å²) in [5.41, 5.74) is 3.44. The van der Waals surface area contributed by atoms with Gasteiger partial charge in [0, 0.05) is 12.6 Å². The number of nitrogens with zero attached hydrogens (tertiary/aromatic N) is 1. The standard InChI is InChI=1S/C21H31N3O2/c1-2-3-4-5-6-7-11-16-20(25)22-18-21(26)24-23-17-12-15-19-13-9-8-10-14-19/h8-10,12-15,17H,2-7,11,16,18H2,1H3,(H,22,25)(H,24,26)/b15-12+,23-17-. The first-order valence-electron chi connectivity index (χ1n) is 9.52. The van der Waals surface area contributed by atoms with Crippen LogP contribution in [0.2, 0.25) is 0 Å². The molecule has 2 N–H and O–H groups in total. The summed E-state index contributed by atoms with van der Waals surface area (Å²) in [6.07, 6.45) is 13.8. The first-order valence-corrected chi connectivity index (χ1v) is 9.52. The zero-order chi connectivity index (χ0) is 18.9. The lowest BCUT2D eigenvalue weighted by atomic mass is 10.1. The van der Waals surface area contributed by atoms with Crippen LogP contribution < -0.4 is 10.7 Å². The molecule has 5 heteroatoms. The van der Waals surface area contributed by atoms with Gasteiger partial charge in [0.1, 0.15) is 0 Å². The van der Waals surface area contributed by atoms with Crippen molar-refractivity contribution >= 4 is 24.1 Å². The second kappa shape index (κ2) is 14.9. The molecule has 0 radical (unpaired) electrons. The maximum atomic E-state index is 11.7. The van der Waals surface area contributed by atoms with Crippen LogP contribution in [0.15, 0.2) is 41.5 Å². The minimum atomic E-state index is -0.331. The molecule has 142 valence electrons. The first-order chi connectivity index (χ1) is 12.7. The molecule has 0 bridgehead atoms. The van der Waals surface area contributed by atoms with Crippen LogP contribution in [0.5, 0.6) is 0 Å². The molecule has 0 aromatic heterocycles. The van der Waals surface area contributed by atoms with Crippen molar-refractivity contribution in [2.75, 3.05) is 6.54 Å². The summed E-state index contributed by atoms with van der Waals surface area (Å²) in [7, 11) is 0. The number of hydrazone groups is 1. The number of amides is 2. The lowest BCUT2D eigenvalue weighted by Crippen LogP contribution is -2.34. The van der Waals surface area contributed by atoms with Crippen molar-refractivity contribution in [3.8, 4) is 0 Å². The fourth-order valence-corrected chi connectivity index (χ4v) is 2.42. The summed E-state index contributed by atoms with van der Waals surface area (Å²) in [4.78, 5) is 23.3. The average molecular weight is 357 g/mol. The maximum absolute atomic E-state index is 11.7. The largest absolute Gasteiger partial charge is 0.347 e. The second-order valence-electron chi connectivity index (χ2n) is 6.23. The van der Waals surface area contributed by atoms with Gasteiger partial charge in [-0.15, -0.1) is 0 Å². The normalized spacial score (nSPS) is 11.1. The van der Waals surface area contributed by atoms with Crippen molar-refractivity contribution in [2.45, 2.75) is 58.3 Å². The molecule has 0 unspecified atom stereocenters. The zero-order valence-corrected chi connectivity index (χ0v) is 15.7. The van der Waals surface area contributed by atoms with Gasteiger partial charge < -0.3 is 5.32 Å². The zero-order valence-electron chi connectivity index (χ0n) is 15.7. The molecular formula is C21H31N3O2. The van der Waals surface area contributed by atoms with Crippen LogP contribution in [-0.2, 0) is 9.59 Å². The molecule has 0 fully saturated rings. The number of carbonyl (C=O) groups excluding carboxylic acids is 2. The number of rotatable bonds is 13. The van der Waals surface area contributed by atoms with Crippen LogP contribution in [0.25, 0.3) is 6.08 Å². The van der Waals surface area contributed by atoms with Gasteiger partial charge in [-0.25, -0.2) is 5.43 Å². The van der Waals surface area contributed by atoms with Crippen molar-refractivity contribution in [2.24, 2.45) is 5.10 Å². The molecule has 0 aliphatic carbocycles. The Labute approximate surface area is 157 Å². The fourth-order valence-electron chi connectivity index (χ4n) is 2.42. The Kier molecular flexibility index (Phi) is 12.4. The average Bonchev–Trinajstić information content (AvgIpc) is 2.66. The molecule has 0 atom stereocenters. The number of allylic oxidation sites excluding steroid dienone is 1. The summed E-state index contributed by atoms with van der Waals surface area (Å²) in [6, 6.07) is 9.81. The molecule has 0 heterocycles. The van der Waals surface area contributed by atoms with Crippen LogP contribution in [0, 0.1) is 0 Å². The molecule has 0 aliphatic heterocycles. The monoisotopic (exact) mass is 357 g/mol. The Morgan fingerprint density at radius 1 is 0.962 bits per heavy atom. The van der Waals surface area contributed by atoms with E-state index in [0.717, 1.165) is 18.4 Å². The molecule has 0 aliphatic rings. The van der Waals surface area contributed by atoms with Gasteiger partial charge in [0.2, 0.25) is 5.91 Å². The lowest BCUT2D eigenvalue weighted by molar-refractivity contribution is -0.126. The van der Waals surface area contributed by atoms with Gasteiger partial charge in [-0.3, -0.25) is 9.59 Å². The van der Waals surface area contributed by atoms with Gasteiger partial charge in [0.15, 0.2) is 0 Å². The molecule has 0 saturated carbocycles. The van der Waals surface area contributed by atoms with Gasteiger partial charge in [-0.05, 0) is 18.1 Å². The van der Waals surface area contributed by atoms with Gasteiger partial charge in [-0.2, -0.15) is 5.10 Å². The Hall–Kier alpha value is -2.43. The van der Waals surface area contributed by atoms with E-state index in [1.807, 2.05) is 36.4 Å². The van der Waals surface area contributed by atoms with E-state index < -0.39 is 0 Å². The molecule has 0 saturated heterocycles. The minimum Gasteiger partial charge on any atom is -0.347 e. The number of benzene rings is 1. The number of unbranched alkanes of at least 4 members (excludes halogenated alkanes) is 6. The molecule has 1 aromatic carbocycles. The van der Waals surface area contributed by atoms with E-state index in [0.29, 0.717) is 6.42 Å². The summed E-state index contributed by atoms with van der Waals surface area (Å²) in [5.74, 6) is -0.413. The predicted molar refractivity (Wildman–Crippen MR) is 108 cm³/mol. The van der Waals surface area contributed by atoms with E-state index in [9.17, 15) is 9.59 Å². The highest BCUT2D eigenvalue weighted by molar-refractivity contribution is 5.85. The highest BCUT2D eigenvalue weighted by atomic mass is 16.2. The van der Waals surface area contributed by atoms with Gasteiger partial charge >= 0.3 is 0 Å². The highest BCUT2D eigenvalue weighted by Gasteiger charge is 2.04.